The van der Waals surface area contributed by atoms with E-state index in [2.05, 4.69) is 10.2 Å². The Morgan fingerprint density at radius 1 is 1.55 bits per heavy atom. The Morgan fingerprint density at radius 2 is 2.30 bits per heavy atom. The number of anilines is 1. The van der Waals surface area contributed by atoms with Gasteiger partial charge in [0.05, 0.1) is 12.6 Å². The van der Waals surface area contributed by atoms with Gasteiger partial charge in [-0.1, -0.05) is 18.2 Å². The van der Waals surface area contributed by atoms with Crippen LogP contribution < -0.4 is 11.1 Å². The SMILES string of the molecule is CC(C(=O)Nc1ccccc1CN)N(C)C1CCOC1. The molecule has 1 amide bonds. The van der Waals surface area contributed by atoms with Gasteiger partial charge in [0, 0.05) is 24.9 Å². The minimum Gasteiger partial charge on any atom is -0.380 e. The first-order chi connectivity index (χ1) is 9.63. The molecule has 0 spiro atoms. The zero-order valence-electron chi connectivity index (χ0n) is 12.1. The van der Waals surface area contributed by atoms with Crippen LogP contribution in [0.15, 0.2) is 24.3 Å². The topological polar surface area (TPSA) is 67.6 Å². The Hall–Kier alpha value is -1.43. The number of hydrogen-bond donors (Lipinski definition) is 2. The summed E-state index contributed by atoms with van der Waals surface area (Å²) in [5, 5.41) is 2.96. The summed E-state index contributed by atoms with van der Waals surface area (Å²) in [6, 6.07) is 7.74. The molecule has 1 fully saturated rings. The Morgan fingerprint density at radius 3 is 2.95 bits per heavy atom. The quantitative estimate of drug-likeness (QED) is 0.848. The summed E-state index contributed by atoms with van der Waals surface area (Å²) in [5.41, 5.74) is 7.42. The summed E-state index contributed by atoms with van der Waals surface area (Å²) in [4.78, 5) is 14.4. The first-order valence-corrected chi connectivity index (χ1v) is 7.02. The molecule has 1 aliphatic rings. The van der Waals surface area contributed by atoms with Crippen LogP contribution in [0.3, 0.4) is 0 Å². The number of likely N-dealkylation sites (N-methyl/N-ethyl adjacent to an activating group) is 1. The molecule has 2 rings (SSSR count). The van der Waals surface area contributed by atoms with Crippen molar-refractivity contribution in [1.82, 2.24) is 4.90 Å². The fourth-order valence-electron chi connectivity index (χ4n) is 2.40. The fraction of sp³-hybridized carbons (Fsp3) is 0.533. The van der Waals surface area contributed by atoms with Crippen LogP contribution in [-0.4, -0.2) is 43.2 Å². The summed E-state index contributed by atoms with van der Waals surface area (Å²) >= 11 is 0. The van der Waals surface area contributed by atoms with E-state index in [-0.39, 0.29) is 11.9 Å². The third-order valence-electron chi connectivity index (χ3n) is 3.97. The summed E-state index contributed by atoms with van der Waals surface area (Å²) in [6.07, 6.45) is 0.980. The summed E-state index contributed by atoms with van der Waals surface area (Å²) in [6.45, 7) is 3.81. The van der Waals surface area contributed by atoms with Crippen molar-refractivity contribution in [3.05, 3.63) is 29.8 Å². The Balaban J connectivity index is 1.99. The number of hydrogen-bond acceptors (Lipinski definition) is 4. The van der Waals surface area contributed by atoms with Crippen molar-refractivity contribution in [3.63, 3.8) is 0 Å². The third-order valence-corrected chi connectivity index (χ3v) is 3.97. The first kappa shape index (κ1) is 15.0. The van der Waals surface area contributed by atoms with Crippen molar-refractivity contribution in [1.29, 1.82) is 0 Å². The molecular weight excluding hydrogens is 254 g/mol. The van der Waals surface area contributed by atoms with Gasteiger partial charge in [0.25, 0.3) is 0 Å². The molecule has 0 bridgehead atoms. The first-order valence-electron chi connectivity index (χ1n) is 7.02. The van der Waals surface area contributed by atoms with Crippen molar-refractivity contribution in [2.45, 2.75) is 32.0 Å². The van der Waals surface area contributed by atoms with Crippen LogP contribution in [0.1, 0.15) is 18.9 Å². The average Bonchev–Trinajstić information content (AvgIpc) is 3.00. The van der Waals surface area contributed by atoms with E-state index < -0.39 is 0 Å². The second-order valence-corrected chi connectivity index (χ2v) is 5.21. The lowest BCUT2D eigenvalue weighted by atomic mass is 10.1. The molecule has 1 aromatic carbocycles. The van der Waals surface area contributed by atoms with Gasteiger partial charge < -0.3 is 15.8 Å². The minimum absolute atomic E-state index is 0.0136. The molecular formula is C15H23N3O2. The second-order valence-electron chi connectivity index (χ2n) is 5.21. The molecule has 0 saturated carbocycles. The smallest absolute Gasteiger partial charge is 0.241 e. The zero-order valence-corrected chi connectivity index (χ0v) is 12.1. The van der Waals surface area contributed by atoms with Gasteiger partial charge in [0.2, 0.25) is 5.91 Å². The Bertz CT molecular complexity index is 458. The van der Waals surface area contributed by atoms with Crippen LogP contribution in [0, 0.1) is 0 Å². The Kier molecular flexibility index (Phi) is 5.11. The summed E-state index contributed by atoms with van der Waals surface area (Å²) < 4.78 is 5.37. The number of nitrogens with zero attached hydrogens (tertiary/aromatic N) is 1. The maximum absolute atomic E-state index is 12.3. The zero-order chi connectivity index (χ0) is 14.5. The van der Waals surface area contributed by atoms with Crippen molar-refractivity contribution in [3.8, 4) is 0 Å². The lowest BCUT2D eigenvalue weighted by molar-refractivity contribution is -0.121. The van der Waals surface area contributed by atoms with Gasteiger partial charge in [0.15, 0.2) is 0 Å². The van der Waals surface area contributed by atoms with Gasteiger partial charge in [-0.3, -0.25) is 9.69 Å². The lowest BCUT2D eigenvalue weighted by Crippen LogP contribution is -2.45. The van der Waals surface area contributed by atoms with Gasteiger partial charge in [-0.15, -0.1) is 0 Å². The van der Waals surface area contributed by atoms with Crippen LogP contribution >= 0.6 is 0 Å². The van der Waals surface area contributed by atoms with E-state index in [1.807, 2.05) is 38.2 Å². The molecule has 1 saturated heterocycles. The average molecular weight is 277 g/mol. The number of nitrogens with two attached hydrogens (primary N) is 1. The molecule has 0 radical (unpaired) electrons. The van der Waals surface area contributed by atoms with Gasteiger partial charge in [-0.2, -0.15) is 0 Å². The van der Waals surface area contributed by atoms with Crippen molar-refractivity contribution in [2.24, 2.45) is 5.73 Å². The lowest BCUT2D eigenvalue weighted by Gasteiger charge is -2.28. The number of carbonyl (C=O) groups excluding carboxylic acids is 1. The molecule has 2 atom stereocenters. The molecule has 3 N–H and O–H groups in total. The third kappa shape index (κ3) is 3.36. The van der Waals surface area contributed by atoms with Crippen molar-refractivity contribution in [2.75, 3.05) is 25.6 Å². The number of para-hydroxylation sites is 1. The van der Waals surface area contributed by atoms with Crippen LogP contribution in [0.2, 0.25) is 0 Å². The number of ether oxygens (including phenoxy) is 1. The number of rotatable bonds is 5. The highest BCUT2D eigenvalue weighted by Crippen LogP contribution is 2.17. The second kappa shape index (κ2) is 6.83. The van der Waals surface area contributed by atoms with Gasteiger partial charge in [0.1, 0.15) is 0 Å². The van der Waals surface area contributed by atoms with E-state index in [1.165, 1.54) is 0 Å². The molecule has 1 aromatic rings. The molecule has 5 nitrogen and oxygen atoms in total. The van der Waals surface area contributed by atoms with Gasteiger partial charge >= 0.3 is 0 Å². The molecule has 110 valence electrons. The van der Waals surface area contributed by atoms with E-state index in [0.29, 0.717) is 19.2 Å². The predicted octanol–water partition coefficient (Wildman–Crippen LogP) is 1.19. The maximum Gasteiger partial charge on any atom is 0.241 e. The van der Waals surface area contributed by atoms with Crippen molar-refractivity contribution < 1.29 is 9.53 Å². The molecule has 5 heteroatoms. The fourth-order valence-corrected chi connectivity index (χ4v) is 2.40. The molecule has 1 aliphatic heterocycles. The van der Waals surface area contributed by atoms with Crippen LogP contribution in [0.5, 0.6) is 0 Å². The molecule has 0 aliphatic carbocycles. The maximum atomic E-state index is 12.3. The van der Waals surface area contributed by atoms with Crippen LogP contribution in [0.25, 0.3) is 0 Å². The minimum atomic E-state index is -0.201. The van der Waals surface area contributed by atoms with Crippen molar-refractivity contribution >= 4 is 11.6 Å². The van der Waals surface area contributed by atoms with Crippen LogP contribution in [-0.2, 0) is 16.1 Å². The highest BCUT2D eigenvalue weighted by molar-refractivity contribution is 5.95. The molecule has 20 heavy (non-hydrogen) atoms. The highest BCUT2D eigenvalue weighted by atomic mass is 16.5. The monoisotopic (exact) mass is 277 g/mol. The normalized spacial score (nSPS) is 20.1. The molecule has 2 unspecified atom stereocenters. The number of benzene rings is 1. The molecule has 0 aromatic heterocycles. The largest absolute Gasteiger partial charge is 0.380 e. The number of carbonyl (C=O) groups is 1. The van der Waals surface area contributed by atoms with Gasteiger partial charge in [-0.05, 0) is 32.0 Å². The predicted molar refractivity (Wildman–Crippen MR) is 79.4 cm³/mol. The summed E-state index contributed by atoms with van der Waals surface area (Å²) in [7, 11) is 1.97. The van der Waals surface area contributed by atoms with Gasteiger partial charge in [-0.25, -0.2) is 0 Å². The summed E-state index contributed by atoms with van der Waals surface area (Å²) in [5.74, 6) is -0.0136. The van der Waals surface area contributed by atoms with E-state index in [1.54, 1.807) is 0 Å². The van der Waals surface area contributed by atoms with E-state index in [9.17, 15) is 4.79 Å². The van der Waals surface area contributed by atoms with E-state index in [0.717, 1.165) is 24.3 Å². The number of nitrogens with one attached hydrogen (secondary N) is 1. The standard InChI is InChI=1S/C15H23N3O2/c1-11(18(2)13-7-8-20-10-13)15(19)17-14-6-4-3-5-12(14)9-16/h3-6,11,13H,7-10,16H2,1-2H3,(H,17,19). The number of amides is 1. The Labute approximate surface area is 120 Å². The van der Waals surface area contributed by atoms with E-state index >= 15 is 0 Å². The molecule has 1 heterocycles. The van der Waals surface area contributed by atoms with Crippen LogP contribution in [0.4, 0.5) is 5.69 Å². The highest BCUT2D eigenvalue weighted by Gasteiger charge is 2.27. The van der Waals surface area contributed by atoms with E-state index in [4.69, 9.17) is 10.5 Å².